The predicted octanol–water partition coefficient (Wildman–Crippen LogP) is 1.52. The maximum absolute atomic E-state index is 4.33. The Morgan fingerprint density at radius 1 is 1.50 bits per heavy atom. The number of rotatable bonds is 3. The third-order valence-corrected chi connectivity index (χ3v) is 3.44. The molecule has 0 aromatic carbocycles. The van der Waals surface area contributed by atoms with E-state index in [2.05, 4.69) is 49.8 Å². The van der Waals surface area contributed by atoms with E-state index >= 15 is 0 Å². The highest BCUT2D eigenvalue weighted by Gasteiger charge is 2.16. The monoisotopic (exact) mass is 332 g/mol. The second-order valence-electron chi connectivity index (χ2n) is 4.29. The van der Waals surface area contributed by atoms with Gasteiger partial charge in [0.25, 0.3) is 0 Å². The van der Waals surface area contributed by atoms with Crippen molar-refractivity contribution in [2.45, 2.75) is 12.8 Å². The van der Waals surface area contributed by atoms with Gasteiger partial charge in [0.15, 0.2) is 0 Å². The summed E-state index contributed by atoms with van der Waals surface area (Å²) in [6.45, 7) is 3.32. The summed E-state index contributed by atoms with van der Waals surface area (Å²) in [4.78, 5) is 10.8. The minimum atomic E-state index is 0.724. The second kappa shape index (κ2) is 5.77. The number of nitrogens with zero attached hydrogens (tertiary/aromatic N) is 3. The van der Waals surface area contributed by atoms with Crippen molar-refractivity contribution in [1.82, 2.24) is 15.3 Å². The van der Waals surface area contributed by atoms with Crippen molar-refractivity contribution >= 4 is 28.5 Å². The Labute approximate surface area is 110 Å². The molecule has 2 heterocycles. The van der Waals surface area contributed by atoms with E-state index in [4.69, 9.17) is 0 Å². The predicted molar refractivity (Wildman–Crippen MR) is 73.6 cm³/mol. The van der Waals surface area contributed by atoms with Gasteiger partial charge >= 0.3 is 0 Å². The average molecular weight is 332 g/mol. The number of hydrogen-bond donors (Lipinski definition) is 1. The number of piperidine rings is 1. The molecule has 0 radical (unpaired) electrons. The standard InChI is InChI=1S/C11H17IN4/c1-16(8-9-3-2-4-13-5-9)11-14-6-10(12)7-15-11/h6-7,9,13H,2-5,8H2,1H3. The summed E-state index contributed by atoms with van der Waals surface area (Å²) in [5.41, 5.74) is 0. The Hall–Kier alpha value is -0.430. The van der Waals surface area contributed by atoms with Crippen molar-refractivity contribution in [3.63, 3.8) is 0 Å². The molecule has 1 aromatic rings. The van der Waals surface area contributed by atoms with E-state index in [1.807, 2.05) is 12.4 Å². The molecule has 2 rings (SSSR count). The maximum Gasteiger partial charge on any atom is 0.225 e. The number of nitrogens with one attached hydrogen (secondary N) is 1. The number of hydrogen-bond acceptors (Lipinski definition) is 4. The highest BCUT2D eigenvalue weighted by Crippen LogP contribution is 2.14. The van der Waals surface area contributed by atoms with Crippen molar-refractivity contribution in [1.29, 1.82) is 0 Å². The minimum absolute atomic E-state index is 0.724. The van der Waals surface area contributed by atoms with E-state index in [0.717, 1.165) is 28.5 Å². The van der Waals surface area contributed by atoms with Gasteiger partial charge < -0.3 is 10.2 Å². The van der Waals surface area contributed by atoms with Crippen LogP contribution in [0.4, 0.5) is 5.95 Å². The third-order valence-electron chi connectivity index (χ3n) is 2.88. The van der Waals surface area contributed by atoms with Crippen LogP contribution in [-0.4, -0.2) is 36.6 Å². The van der Waals surface area contributed by atoms with Crippen LogP contribution in [0, 0.1) is 9.49 Å². The van der Waals surface area contributed by atoms with Gasteiger partial charge in [-0.15, -0.1) is 0 Å². The number of anilines is 1. The van der Waals surface area contributed by atoms with Crippen LogP contribution in [0.15, 0.2) is 12.4 Å². The van der Waals surface area contributed by atoms with E-state index in [-0.39, 0.29) is 0 Å². The molecule has 1 atom stereocenters. The van der Waals surface area contributed by atoms with Crippen LogP contribution in [-0.2, 0) is 0 Å². The van der Waals surface area contributed by atoms with Gasteiger partial charge in [-0.25, -0.2) is 9.97 Å². The van der Waals surface area contributed by atoms with Crippen LogP contribution >= 0.6 is 22.6 Å². The SMILES string of the molecule is CN(CC1CCCNC1)c1ncc(I)cn1. The molecule has 1 aliphatic heterocycles. The molecule has 1 saturated heterocycles. The van der Waals surface area contributed by atoms with Gasteiger partial charge in [-0.1, -0.05) is 0 Å². The molecule has 0 saturated carbocycles. The molecule has 88 valence electrons. The van der Waals surface area contributed by atoms with Gasteiger partial charge in [0.1, 0.15) is 0 Å². The van der Waals surface area contributed by atoms with Gasteiger partial charge in [-0.2, -0.15) is 0 Å². The summed E-state index contributed by atoms with van der Waals surface area (Å²) in [6, 6.07) is 0. The van der Waals surface area contributed by atoms with Gasteiger partial charge in [0.2, 0.25) is 5.95 Å². The largest absolute Gasteiger partial charge is 0.344 e. The fourth-order valence-corrected chi connectivity index (χ4v) is 2.33. The summed E-state index contributed by atoms with van der Waals surface area (Å²) in [7, 11) is 2.07. The Balaban J connectivity index is 1.91. The first-order valence-electron chi connectivity index (χ1n) is 5.65. The molecule has 4 nitrogen and oxygen atoms in total. The topological polar surface area (TPSA) is 41.0 Å². The summed E-state index contributed by atoms with van der Waals surface area (Å²) >= 11 is 2.22. The molecule has 1 aromatic heterocycles. The van der Waals surface area contributed by atoms with Crippen LogP contribution in [0.2, 0.25) is 0 Å². The zero-order chi connectivity index (χ0) is 11.4. The van der Waals surface area contributed by atoms with Crippen LogP contribution in [0.5, 0.6) is 0 Å². The van der Waals surface area contributed by atoms with Crippen molar-refractivity contribution in [3.8, 4) is 0 Å². The van der Waals surface area contributed by atoms with Crippen LogP contribution in [0.3, 0.4) is 0 Å². The second-order valence-corrected chi connectivity index (χ2v) is 5.54. The van der Waals surface area contributed by atoms with Crippen molar-refractivity contribution in [3.05, 3.63) is 16.0 Å². The highest BCUT2D eigenvalue weighted by atomic mass is 127. The number of aromatic nitrogens is 2. The van der Waals surface area contributed by atoms with E-state index in [1.165, 1.54) is 19.4 Å². The van der Waals surface area contributed by atoms with Crippen LogP contribution < -0.4 is 10.2 Å². The minimum Gasteiger partial charge on any atom is -0.344 e. The molecule has 1 N–H and O–H groups in total. The van der Waals surface area contributed by atoms with Crippen molar-refractivity contribution in [2.24, 2.45) is 5.92 Å². The summed E-state index contributed by atoms with van der Waals surface area (Å²) in [6.07, 6.45) is 6.31. The average Bonchev–Trinajstić information content (AvgIpc) is 2.31. The Bertz CT molecular complexity index is 321. The van der Waals surface area contributed by atoms with Crippen molar-refractivity contribution in [2.75, 3.05) is 31.6 Å². The molecular formula is C11H17IN4. The summed E-state index contributed by atoms with van der Waals surface area (Å²) < 4.78 is 1.08. The fraction of sp³-hybridized carbons (Fsp3) is 0.636. The Morgan fingerprint density at radius 3 is 2.88 bits per heavy atom. The van der Waals surface area contributed by atoms with Gasteiger partial charge in [0, 0.05) is 29.6 Å². The molecule has 0 bridgehead atoms. The van der Waals surface area contributed by atoms with E-state index in [0.29, 0.717) is 0 Å². The summed E-state index contributed by atoms with van der Waals surface area (Å²) in [5.74, 6) is 1.55. The zero-order valence-corrected chi connectivity index (χ0v) is 11.6. The highest BCUT2D eigenvalue weighted by molar-refractivity contribution is 14.1. The number of halogens is 1. The van der Waals surface area contributed by atoms with Crippen LogP contribution in [0.1, 0.15) is 12.8 Å². The first-order chi connectivity index (χ1) is 7.75. The molecular weight excluding hydrogens is 315 g/mol. The van der Waals surface area contributed by atoms with E-state index < -0.39 is 0 Å². The Morgan fingerprint density at radius 2 is 2.25 bits per heavy atom. The quantitative estimate of drug-likeness (QED) is 0.852. The molecule has 0 spiro atoms. The lowest BCUT2D eigenvalue weighted by atomic mass is 9.99. The third kappa shape index (κ3) is 3.28. The molecule has 0 amide bonds. The van der Waals surface area contributed by atoms with Gasteiger partial charge in [0.05, 0.1) is 0 Å². The fourth-order valence-electron chi connectivity index (χ4n) is 2.05. The normalized spacial score (nSPS) is 20.8. The maximum atomic E-state index is 4.33. The van der Waals surface area contributed by atoms with Gasteiger partial charge in [-0.3, -0.25) is 0 Å². The van der Waals surface area contributed by atoms with E-state index in [1.54, 1.807) is 0 Å². The Kier molecular flexibility index (Phi) is 4.34. The van der Waals surface area contributed by atoms with Crippen LogP contribution in [0.25, 0.3) is 0 Å². The lowest BCUT2D eigenvalue weighted by Crippen LogP contribution is -2.37. The molecule has 1 fully saturated rings. The van der Waals surface area contributed by atoms with E-state index in [9.17, 15) is 0 Å². The van der Waals surface area contributed by atoms with Crippen molar-refractivity contribution < 1.29 is 0 Å². The smallest absolute Gasteiger partial charge is 0.225 e. The molecule has 1 unspecified atom stereocenters. The molecule has 16 heavy (non-hydrogen) atoms. The molecule has 0 aliphatic carbocycles. The molecule has 1 aliphatic rings. The first-order valence-corrected chi connectivity index (χ1v) is 6.73. The van der Waals surface area contributed by atoms with Gasteiger partial charge in [-0.05, 0) is 54.4 Å². The molecule has 5 heteroatoms. The summed E-state index contributed by atoms with van der Waals surface area (Å²) in [5, 5.41) is 3.43. The zero-order valence-electron chi connectivity index (χ0n) is 9.49. The lowest BCUT2D eigenvalue weighted by molar-refractivity contribution is 0.380. The first kappa shape index (κ1) is 12.0. The lowest BCUT2D eigenvalue weighted by Gasteiger charge is -2.27.